The van der Waals surface area contributed by atoms with Crippen molar-refractivity contribution in [2.24, 2.45) is 5.73 Å². The lowest BCUT2D eigenvalue weighted by Gasteiger charge is -2.34. The van der Waals surface area contributed by atoms with Crippen molar-refractivity contribution < 1.29 is 0 Å². The van der Waals surface area contributed by atoms with E-state index < -0.39 is 0 Å². The van der Waals surface area contributed by atoms with Crippen molar-refractivity contribution in [3.63, 3.8) is 0 Å². The second-order valence-electron chi connectivity index (χ2n) is 5.06. The van der Waals surface area contributed by atoms with Crippen LogP contribution in [0.1, 0.15) is 38.2 Å². The minimum absolute atomic E-state index is 0.481. The molecule has 2 N–H and O–H groups in total. The first-order valence-corrected chi connectivity index (χ1v) is 6.78. The summed E-state index contributed by atoms with van der Waals surface area (Å²) in [5.41, 5.74) is 7.42. The van der Waals surface area contributed by atoms with Crippen LogP contribution < -0.4 is 5.73 Å². The first kappa shape index (κ1) is 12.6. The highest BCUT2D eigenvalue weighted by Crippen LogP contribution is 2.32. The lowest BCUT2D eigenvalue weighted by molar-refractivity contribution is 0.178. The summed E-state index contributed by atoms with van der Waals surface area (Å²) in [6.45, 7) is 6.42. The van der Waals surface area contributed by atoms with E-state index in [0.29, 0.717) is 12.0 Å². The number of benzene rings is 1. The van der Waals surface area contributed by atoms with Gasteiger partial charge in [0.05, 0.1) is 0 Å². The topological polar surface area (TPSA) is 29.3 Å². The zero-order chi connectivity index (χ0) is 12.3. The molecule has 1 aliphatic rings. The van der Waals surface area contributed by atoms with Crippen LogP contribution >= 0.6 is 0 Å². The molecule has 2 atom stereocenters. The second-order valence-corrected chi connectivity index (χ2v) is 5.06. The molecule has 0 amide bonds. The predicted molar refractivity (Wildman–Crippen MR) is 73.1 cm³/mol. The van der Waals surface area contributed by atoms with Gasteiger partial charge in [0.1, 0.15) is 0 Å². The molecule has 2 heteroatoms. The minimum atomic E-state index is 0.481. The first-order valence-electron chi connectivity index (χ1n) is 6.78. The summed E-state index contributed by atoms with van der Waals surface area (Å²) in [4.78, 5) is 2.59. The van der Waals surface area contributed by atoms with Crippen LogP contribution in [0, 0.1) is 0 Å². The Hall–Kier alpha value is -0.860. The van der Waals surface area contributed by atoms with E-state index in [9.17, 15) is 0 Å². The van der Waals surface area contributed by atoms with Gasteiger partial charge >= 0.3 is 0 Å². The van der Waals surface area contributed by atoms with Crippen LogP contribution in [0.3, 0.4) is 0 Å². The smallest absolute Gasteiger partial charge is 0.0287 e. The van der Waals surface area contributed by atoms with Gasteiger partial charge in [-0.15, -0.1) is 0 Å². The number of likely N-dealkylation sites (N-methyl/N-ethyl adjacent to an activating group) is 1. The number of nitrogens with zero attached hydrogens (tertiary/aromatic N) is 1. The van der Waals surface area contributed by atoms with Gasteiger partial charge in [-0.05, 0) is 30.9 Å². The Morgan fingerprint density at radius 2 is 1.94 bits per heavy atom. The number of hydrogen-bond acceptors (Lipinski definition) is 2. The molecule has 2 rings (SSSR count). The Balaban J connectivity index is 2.11. The van der Waals surface area contributed by atoms with Gasteiger partial charge in [0.2, 0.25) is 0 Å². The second kappa shape index (κ2) is 5.65. The van der Waals surface area contributed by atoms with Crippen LogP contribution in [0.2, 0.25) is 0 Å². The van der Waals surface area contributed by atoms with E-state index in [2.05, 4.69) is 49.1 Å². The van der Waals surface area contributed by atoms with Crippen LogP contribution in [-0.4, -0.2) is 30.1 Å². The van der Waals surface area contributed by atoms with Gasteiger partial charge in [-0.25, -0.2) is 0 Å². The zero-order valence-electron chi connectivity index (χ0n) is 11.0. The van der Waals surface area contributed by atoms with E-state index >= 15 is 0 Å². The standard InChI is InChI=1S/C15H24N2/c1-3-17(14-9-10-14)15(11-16)12(2)13-7-5-4-6-8-13/h4-8,12,14-15H,3,9-11,16H2,1-2H3. The van der Waals surface area contributed by atoms with Crippen molar-refractivity contribution in [1.82, 2.24) is 4.90 Å². The summed E-state index contributed by atoms with van der Waals surface area (Å²) in [7, 11) is 0. The van der Waals surface area contributed by atoms with Gasteiger partial charge in [0, 0.05) is 18.6 Å². The molecule has 1 aromatic carbocycles. The van der Waals surface area contributed by atoms with Crippen LogP contribution in [0.5, 0.6) is 0 Å². The van der Waals surface area contributed by atoms with Gasteiger partial charge in [0.25, 0.3) is 0 Å². The molecule has 1 saturated carbocycles. The van der Waals surface area contributed by atoms with Gasteiger partial charge in [-0.2, -0.15) is 0 Å². The van der Waals surface area contributed by atoms with Crippen molar-refractivity contribution in [2.75, 3.05) is 13.1 Å². The van der Waals surface area contributed by atoms with Crippen molar-refractivity contribution in [1.29, 1.82) is 0 Å². The summed E-state index contributed by atoms with van der Waals surface area (Å²) in [6, 6.07) is 12.0. The SMILES string of the molecule is CCN(C1CC1)C(CN)C(C)c1ccccc1. The quantitative estimate of drug-likeness (QED) is 0.817. The Labute approximate surface area is 105 Å². The van der Waals surface area contributed by atoms with Crippen molar-refractivity contribution >= 4 is 0 Å². The van der Waals surface area contributed by atoms with E-state index in [0.717, 1.165) is 19.1 Å². The fraction of sp³-hybridized carbons (Fsp3) is 0.600. The molecule has 2 nitrogen and oxygen atoms in total. The van der Waals surface area contributed by atoms with Crippen molar-refractivity contribution in [2.45, 2.75) is 44.7 Å². The molecule has 0 aliphatic heterocycles. The van der Waals surface area contributed by atoms with Gasteiger partial charge < -0.3 is 5.73 Å². The molecule has 0 bridgehead atoms. The number of hydrogen-bond donors (Lipinski definition) is 1. The van der Waals surface area contributed by atoms with Crippen LogP contribution in [0.25, 0.3) is 0 Å². The third-order valence-electron chi connectivity index (χ3n) is 3.95. The average Bonchev–Trinajstić information content (AvgIpc) is 3.20. The van der Waals surface area contributed by atoms with Gasteiger partial charge in [-0.1, -0.05) is 44.2 Å². The molecular formula is C15H24N2. The number of rotatable bonds is 6. The van der Waals surface area contributed by atoms with Crippen molar-refractivity contribution in [3.05, 3.63) is 35.9 Å². The largest absolute Gasteiger partial charge is 0.329 e. The highest BCUT2D eigenvalue weighted by molar-refractivity contribution is 5.21. The number of nitrogens with two attached hydrogens (primary N) is 1. The maximum atomic E-state index is 6.01. The summed E-state index contributed by atoms with van der Waals surface area (Å²) < 4.78 is 0. The summed E-state index contributed by atoms with van der Waals surface area (Å²) in [5.74, 6) is 0.516. The summed E-state index contributed by atoms with van der Waals surface area (Å²) in [5, 5.41) is 0. The molecule has 94 valence electrons. The lowest BCUT2D eigenvalue weighted by atomic mass is 9.92. The van der Waals surface area contributed by atoms with E-state index in [1.807, 2.05) is 0 Å². The monoisotopic (exact) mass is 232 g/mol. The molecule has 17 heavy (non-hydrogen) atoms. The first-order chi connectivity index (χ1) is 8.27. The molecular weight excluding hydrogens is 208 g/mol. The van der Waals surface area contributed by atoms with Crippen LogP contribution in [-0.2, 0) is 0 Å². The molecule has 0 heterocycles. The van der Waals surface area contributed by atoms with E-state index in [-0.39, 0.29) is 0 Å². The predicted octanol–water partition coefficient (Wildman–Crippen LogP) is 2.60. The highest BCUT2D eigenvalue weighted by Gasteiger charge is 2.34. The Morgan fingerprint density at radius 3 is 2.41 bits per heavy atom. The fourth-order valence-electron chi connectivity index (χ4n) is 2.78. The van der Waals surface area contributed by atoms with Crippen LogP contribution in [0.15, 0.2) is 30.3 Å². The fourth-order valence-corrected chi connectivity index (χ4v) is 2.78. The summed E-state index contributed by atoms with van der Waals surface area (Å²) >= 11 is 0. The average molecular weight is 232 g/mol. The molecule has 0 spiro atoms. The Bertz CT molecular complexity index is 332. The molecule has 0 radical (unpaired) electrons. The third kappa shape index (κ3) is 2.88. The molecule has 1 aliphatic carbocycles. The molecule has 2 unspecified atom stereocenters. The maximum Gasteiger partial charge on any atom is 0.0287 e. The zero-order valence-corrected chi connectivity index (χ0v) is 11.0. The van der Waals surface area contributed by atoms with Gasteiger partial charge in [0.15, 0.2) is 0 Å². The minimum Gasteiger partial charge on any atom is -0.329 e. The molecule has 0 aromatic heterocycles. The van der Waals surface area contributed by atoms with E-state index in [1.54, 1.807) is 0 Å². The van der Waals surface area contributed by atoms with E-state index in [1.165, 1.54) is 18.4 Å². The van der Waals surface area contributed by atoms with Crippen LogP contribution in [0.4, 0.5) is 0 Å². The third-order valence-corrected chi connectivity index (χ3v) is 3.95. The molecule has 1 fully saturated rings. The van der Waals surface area contributed by atoms with Crippen molar-refractivity contribution in [3.8, 4) is 0 Å². The molecule has 1 aromatic rings. The van der Waals surface area contributed by atoms with Gasteiger partial charge in [-0.3, -0.25) is 4.90 Å². The Kier molecular flexibility index (Phi) is 4.19. The summed E-state index contributed by atoms with van der Waals surface area (Å²) in [6.07, 6.45) is 2.71. The lowest BCUT2D eigenvalue weighted by Crippen LogP contribution is -2.45. The maximum absolute atomic E-state index is 6.01. The Morgan fingerprint density at radius 1 is 1.29 bits per heavy atom. The molecule has 0 saturated heterocycles. The highest BCUT2D eigenvalue weighted by atomic mass is 15.2. The van der Waals surface area contributed by atoms with E-state index in [4.69, 9.17) is 5.73 Å². The normalized spacial score (nSPS) is 19.3.